The van der Waals surface area contributed by atoms with Gasteiger partial charge in [-0.05, 0) is 37.2 Å². The number of methoxy groups -OCH3 is 1. The van der Waals surface area contributed by atoms with Crippen LogP contribution in [0.2, 0.25) is 5.02 Å². The summed E-state index contributed by atoms with van der Waals surface area (Å²) in [5.74, 6) is 2.66. The molecular formula is C17H22ClNO2. The van der Waals surface area contributed by atoms with Gasteiger partial charge in [-0.3, -0.25) is 0 Å². The number of nitrogens with one attached hydrogen (secondary N) is 1. The number of benzene rings is 1. The molecule has 1 aromatic carbocycles. The molecule has 0 amide bonds. The number of furan rings is 1. The average Bonchev–Trinajstić information content (AvgIpc) is 2.97. The number of hydrogen-bond acceptors (Lipinski definition) is 3. The largest absolute Gasteiger partial charge is 0.496 e. The van der Waals surface area contributed by atoms with Crippen molar-refractivity contribution in [1.82, 2.24) is 5.32 Å². The van der Waals surface area contributed by atoms with Crippen molar-refractivity contribution in [2.75, 3.05) is 13.7 Å². The first-order valence-corrected chi connectivity index (χ1v) is 7.72. The van der Waals surface area contributed by atoms with Crippen LogP contribution >= 0.6 is 11.6 Å². The third kappa shape index (κ3) is 3.80. The predicted octanol–water partition coefficient (Wildman–Crippen LogP) is 4.59. The molecule has 0 aliphatic heterocycles. The molecule has 4 heteroatoms. The van der Waals surface area contributed by atoms with Crippen molar-refractivity contribution < 1.29 is 9.15 Å². The van der Waals surface area contributed by atoms with E-state index in [0.29, 0.717) is 5.02 Å². The van der Waals surface area contributed by atoms with Gasteiger partial charge in [-0.2, -0.15) is 0 Å². The van der Waals surface area contributed by atoms with Crippen molar-refractivity contribution in [3.05, 3.63) is 52.4 Å². The molecule has 0 spiro atoms. The average molecular weight is 308 g/mol. The minimum Gasteiger partial charge on any atom is -0.496 e. The smallest absolute Gasteiger partial charge is 0.125 e. The number of rotatable bonds is 7. The fourth-order valence-corrected chi connectivity index (χ4v) is 2.48. The fourth-order valence-electron chi connectivity index (χ4n) is 2.32. The summed E-state index contributed by atoms with van der Waals surface area (Å²) >= 11 is 6.05. The molecule has 1 aromatic heterocycles. The molecular weight excluding hydrogens is 286 g/mol. The maximum absolute atomic E-state index is 6.05. The van der Waals surface area contributed by atoms with Crippen LogP contribution in [0.5, 0.6) is 5.75 Å². The van der Waals surface area contributed by atoms with Crippen molar-refractivity contribution in [3.63, 3.8) is 0 Å². The van der Waals surface area contributed by atoms with Crippen LogP contribution in [-0.4, -0.2) is 13.7 Å². The molecule has 0 radical (unpaired) electrons. The Morgan fingerprint density at radius 2 is 2.05 bits per heavy atom. The van der Waals surface area contributed by atoms with Gasteiger partial charge in [0, 0.05) is 17.0 Å². The lowest BCUT2D eigenvalue weighted by molar-refractivity contribution is 0.387. The monoisotopic (exact) mass is 307 g/mol. The third-order valence-electron chi connectivity index (χ3n) is 3.42. The molecule has 0 aliphatic carbocycles. The summed E-state index contributed by atoms with van der Waals surface area (Å²) in [7, 11) is 1.66. The van der Waals surface area contributed by atoms with Gasteiger partial charge in [-0.15, -0.1) is 0 Å². The SMILES string of the molecule is CCCNC(c1ccc(CC)o1)c1ccc(Cl)cc1OC. The van der Waals surface area contributed by atoms with E-state index in [2.05, 4.69) is 19.2 Å². The Balaban J connectivity index is 2.39. The van der Waals surface area contributed by atoms with Crippen LogP contribution in [-0.2, 0) is 6.42 Å². The zero-order chi connectivity index (χ0) is 15.2. The van der Waals surface area contributed by atoms with E-state index in [1.807, 2.05) is 30.3 Å². The highest BCUT2D eigenvalue weighted by atomic mass is 35.5. The summed E-state index contributed by atoms with van der Waals surface area (Å²) in [4.78, 5) is 0. The van der Waals surface area contributed by atoms with Gasteiger partial charge in [-0.25, -0.2) is 0 Å². The van der Waals surface area contributed by atoms with Gasteiger partial charge in [0.1, 0.15) is 17.3 Å². The van der Waals surface area contributed by atoms with Crippen LogP contribution in [0.1, 0.15) is 43.4 Å². The second-order valence-electron chi connectivity index (χ2n) is 4.93. The van der Waals surface area contributed by atoms with Gasteiger partial charge in [0.2, 0.25) is 0 Å². The molecule has 1 unspecified atom stereocenters. The zero-order valence-corrected chi connectivity index (χ0v) is 13.5. The summed E-state index contributed by atoms with van der Waals surface area (Å²) < 4.78 is 11.4. The minimum absolute atomic E-state index is 0.0301. The highest BCUT2D eigenvalue weighted by Crippen LogP contribution is 2.33. The summed E-state index contributed by atoms with van der Waals surface area (Å²) in [6, 6.07) is 9.73. The second kappa shape index (κ2) is 7.53. The Bertz CT molecular complexity index is 580. The molecule has 1 atom stereocenters. The van der Waals surface area contributed by atoms with Gasteiger partial charge in [-0.1, -0.05) is 31.5 Å². The van der Waals surface area contributed by atoms with Gasteiger partial charge < -0.3 is 14.5 Å². The summed E-state index contributed by atoms with van der Waals surface area (Å²) in [6.07, 6.45) is 1.94. The lowest BCUT2D eigenvalue weighted by Crippen LogP contribution is -2.23. The Morgan fingerprint density at radius 3 is 2.67 bits per heavy atom. The topological polar surface area (TPSA) is 34.4 Å². The molecule has 0 saturated heterocycles. The van der Waals surface area contributed by atoms with Crippen molar-refractivity contribution in [2.24, 2.45) is 0 Å². The number of aryl methyl sites for hydroxylation is 1. The highest BCUT2D eigenvalue weighted by Gasteiger charge is 2.21. The molecule has 0 aliphatic rings. The van der Waals surface area contributed by atoms with Gasteiger partial charge in [0.15, 0.2) is 0 Å². The fraction of sp³-hybridized carbons (Fsp3) is 0.412. The Hall–Kier alpha value is -1.45. The molecule has 2 aromatic rings. The summed E-state index contributed by atoms with van der Waals surface area (Å²) in [5, 5.41) is 4.18. The van der Waals surface area contributed by atoms with Crippen molar-refractivity contribution >= 4 is 11.6 Å². The molecule has 1 heterocycles. The van der Waals surface area contributed by atoms with Gasteiger partial charge in [0.25, 0.3) is 0 Å². The van der Waals surface area contributed by atoms with E-state index in [1.54, 1.807) is 7.11 Å². The van der Waals surface area contributed by atoms with Crippen LogP contribution in [0.25, 0.3) is 0 Å². The summed E-state index contributed by atoms with van der Waals surface area (Å²) in [6.45, 7) is 5.13. The first-order chi connectivity index (χ1) is 10.2. The normalized spacial score (nSPS) is 12.4. The number of halogens is 1. The molecule has 1 N–H and O–H groups in total. The van der Waals surface area contributed by atoms with Crippen LogP contribution < -0.4 is 10.1 Å². The maximum Gasteiger partial charge on any atom is 0.125 e. The Labute approximate surface area is 131 Å². The first-order valence-electron chi connectivity index (χ1n) is 7.35. The quantitative estimate of drug-likeness (QED) is 0.812. The molecule has 0 fully saturated rings. The molecule has 0 saturated carbocycles. The van der Waals surface area contributed by atoms with Crippen molar-refractivity contribution in [1.29, 1.82) is 0 Å². The molecule has 2 rings (SSSR count). The van der Waals surface area contributed by atoms with Crippen molar-refractivity contribution in [3.8, 4) is 5.75 Å². The van der Waals surface area contributed by atoms with Crippen LogP contribution in [0.3, 0.4) is 0 Å². The summed E-state index contributed by atoms with van der Waals surface area (Å²) in [5.41, 5.74) is 1.03. The number of hydrogen-bond donors (Lipinski definition) is 1. The predicted molar refractivity (Wildman–Crippen MR) is 86.2 cm³/mol. The highest BCUT2D eigenvalue weighted by molar-refractivity contribution is 6.30. The lowest BCUT2D eigenvalue weighted by atomic mass is 10.0. The minimum atomic E-state index is -0.0301. The third-order valence-corrected chi connectivity index (χ3v) is 3.66. The molecule has 114 valence electrons. The van der Waals surface area contributed by atoms with E-state index in [4.69, 9.17) is 20.8 Å². The second-order valence-corrected chi connectivity index (χ2v) is 5.37. The van der Waals surface area contributed by atoms with E-state index in [0.717, 1.165) is 42.2 Å². The van der Waals surface area contributed by atoms with Gasteiger partial charge in [0.05, 0.1) is 13.2 Å². The number of ether oxygens (including phenoxy) is 1. The zero-order valence-electron chi connectivity index (χ0n) is 12.8. The lowest BCUT2D eigenvalue weighted by Gasteiger charge is -2.19. The van der Waals surface area contributed by atoms with Crippen LogP contribution in [0.15, 0.2) is 34.7 Å². The Kier molecular flexibility index (Phi) is 5.71. The molecule has 3 nitrogen and oxygen atoms in total. The van der Waals surface area contributed by atoms with Gasteiger partial charge >= 0.3 is 0 Å². The van der Waals surface area contributed by atoms with Crippen molar-refractivity contribution in [2.45, 2.75) is 32.7 Å². The molecule has 0 bridgehead atoms. The maximum atomic E-state index is 6.05. The van der Waals surface area contributed by atoms with E-state index in [9.17, 15) is 0 Å². The van der Waals surface area contributed by atoms with E-state index < -0.39 is 0 Å². The van der Waals surface area contributed by atoms with E-state index in [-0.39, 0.29) is 6.04 Å². The molecule has 21 heavy (non-hydrogen) atoms. The van der Waals surface area contributed by atoms with E-state index in [1.165, 1.54) is 0 Å². The van der Waals surface area contributed by atoms with E-state index >= 15 is 0 Å². The van der Waals surface area contributed by atoms with Crippen LogP contribution in [0, 0.1) is 0 Å². The van der Waals surface area contributed by atoms with Crippen LogP contribution in [0.4, 0.5) is 0 Å². The first kappa shape index (κ1) is 15.9. The Morgan fingerprint density at radius 1 is 1.24 bits per heavy atom. The standard InChI is InChI=1S/C17H22ClNO2/c1-4-10-19-17(15-9-7-13(5-2)21-15)14-8-6-12(18)11-16(14)20-3/h6-9,11,17,19H,4-5,10H2,1-3H3.